The zero-order valence-electron chi connectivity index (χ0n) is 19.9. The molecular weight excluding hydrogens is 515 g/mol. The Kier molecular flexibility index (Phi) is 9.30. The van der Waals surface area contributed by atoms with Crippen LogP contribution in [0.5, 0.6) is 0 Å². The number of hydrogen-bond donors (Lipinski definition) is 1. The first-order valence-electron chi connectivity index (χ1n) is 12.2. The van der Waals surface area contributed by atoms with E-state index >= 15 is 0 Å². The highest BCUT2D eigenvalue weighted by molar-refractivity contribution is 6.42. The molecule has 2 amide bonds. The highest BCUT2D eigenvalue weighted by Gasteiger charge is 2.32. The maximum atomic E-state index is 13.8. The molecule has 0 bridgehead atoms. The lowest BCUT2D eigenvalue weighted by Crippen LogP contribution is -2.52. The number of halogens is 3. The summed E-state index contributed by atoms with van der Waals surface area (Å²) in [7, 11) is 0. The van der Waals surface area contributed by atoms with E-state index in [1.54, 1.807) is 35.2 Å². The number of hydrogen-bond acceptors (Lipinski definition) is 2. The molecule has 1 unspecified atom stereocenters. The second-order valence-corrected chi connectivity index (χ2v) is 10.5. The third-order valence-corrected chi connectivity index (χ3v) is 7.57. The summed E-state index contributed by atoms with van der Waals surface area (Å²) in [6.45, 7) is 0.285. The van der Waals surface area contributed by atoms with Gasteiger partial charge in [0.15, 0.2) is 0 Å². The predicted molar refractivity (Wildman–Crippen MR) is 147 cm³/mol. The molecule has 0 aromatic heterocycles. The Hall–Kier alpha value is -2.53. The van der Waals surface area contributed by atoms with Gasteiger partial charge >= 0.3 is 0 Å². The minimum Gasteiger partial charge on any atom is -0.352 e. The van der Waals surface area contributed by atoms with Crippen LogP contribution >= 0.6 is 34.8 Å². The summed E-state index contributed by atoms with van der Waals surface area (Å²) < 4.78 is 0. The number of carbonyl (C=O) groups excluding carboxylic acids is 2. The predicted octanol–water partition coefficient (Wildman–Crippen LogP) is 6.89. The van der Waals surface area contributed by atoms with Crippen LogP contribution in [0.4, 0.5) is 0 Å². The Morgan fingerprint density at radius 3 is 2.17 bits per heavy atom. The van der Waals surface area contributed by atoms with Crippen molar-refractivity contribution < 1.29 is 9.59 Å². The van der Waals surface area contributed by atoms with Gasteiger partial charge in [-0.05, 0) is 53.8 Å². The van der Waals surface area contributed by atoms with Crippen LogP contribution in [0.2, 0.25) is 15.1 Å². The summed E-state index contributed by atoms with van der Waals surface area (Å²) in [5, 5.41) is 4.66. The molecule has 3 aromatic carbocycles. The van der Waals surface area contributed by atoms with Crippen LogP contribution in [-0.4, -0.2) is 28.8 Å². The number of nitrogens with one attached hydrogen (secondary N) is 1. The van der Waals surface area contributed by atoms with Crippen molar-refractivity contribution in [2.45, 2.75) is 57.2 Å². The van der Waals surface area contributed by atoms with E-state index < -0.39 is 6.04 Å². The van der Waals surface area contributed by atoms with E-state index in [0.29, 0.717) is 21.5 Å². The first-order valence-corrected chi connectivity index (χ1v) is 13.3. The molecule has 0 saturated heterocycles. The van der Waals surface area contributed by atoms with Gasteiger partial charge in [-0.3, -0.25) is 9.59 Å². The number of amides is 2. The summed E-state index contributed by atoms with van der Waals surface area (Å²) in [5.41, 5.74) is 2.63. The number of nitrogens with zero attached hydrogens (tertiary/aromatic N) is 1. The minimum absolute atomic E-state index is 0.104. The molecule has 1 N–H and O–H groups in total. The average Bonchev–Trinajstić information content (AvgIpc) is 3.38. The highest BCUT2D eigenvalue weighted by Crippen LogP contribution is 2.25. The summed E-state index contributed by atoms with van der Waals surface area (Å²) in [5.74, 6) is -0.284. The molecule has 4 rings (SSSR count). The molecular formula is C29H29Cl3N2O2. The monoisotopic (exact) mass is 542 g/mol. The van der Waals surface area contributed by atoms with Crippen LogP contribution in [0.3, 0.4) is 0 Å². The second-order valence-electron chi connectivity index (χ2n) is 9.27. The Bertz CT molecular complexity index is 1180. The van der Waals surface area contributed by atoms with Crippen LogP contribution in [0, 0.1) is 0 Å². The van der Waals surface area contributed by atoms with Crippen molar-refractivity contribution >= 4 is 46.6 Å². The van der Waals surface area contributed by atoms with Crippen molar-refractivity contribution in [2.24, 2.45) is 0 Å². The van der Waals surface area contributed by atoms with Gasteiger partial charge in [0.25, 0.3) is 0 Å². The van der Waals surface area contributed by atoms with Crippen molar-refractivity contribution in [3.63, 3.8) is 0 Å². The fourth-order valence-electron chi connectivity index (χ4n) is 4.63. The third-order valence-electron chi connectivity index (χ3n) is 6.58. The van der Waals surface area contributed by atoms with Crippen molar-refractivity contribution in [1.82, 2.24) is 10.2 Å². The lowest BCUT2D eigenvalue weighted by Gasteiger charge is -2.32. The largest absolute Gasteiger partial charge is 0.352 e. The van der Waals surface area contributed by atoms with Crippen LogP contribution in [0.1, 0.15) is 42.4 Å². The average molecular weight is 544 g/mol. The van der Waals surface area contributed by atoms with Crippen LogP contribution < -0.4 is 5.32 Å². The Labute approximate surface area is 227 Å². The van der Waals surface area contributed by atoms with Gasteiger partial charge in [0.1, 0.15) is 6.04 Å². The smallest absolute Gasteiger partial charge is 0.243 e. The molecule has 1 aliphatic carbocycles. The number of carbonyl (C=O) groups is 2. The standard InChI is InChI=1S/C29H29Cl3N2O2/c30-23-13-10-21(11-14-23)19-34(28(35)18-22-12-15-25(31)26(32)16-22)27(17-20-6-2-1-3-7-20)29(36)33-24-8-4-5-9-24/h1-3,6-7,10-16,24,27H,4-5,8-9,17-19H2,(H,33,36). The molecule has 0 radical (unpaired) electrons. The summed E-state index contributed by atoms with van der Waals surface area (Å²) in [6, 6.07) is 21.8. The van der Waals surface area contributed by atoms with E-state index in [1.807, 2.05) is 42.5 Å². The van der Waals surface area contributed by atoms with E-state index in [4.69, 9.17) is 34.8 Å². The van der Waals surface area contributed by atoms with E-state index in [-0.39, 0.29) is 30.8 Å². The zero-order chi connectivity index (χ0) is 25.5. The molecule has 1 atom stereocenters. The molecule has 3 aromatic rings. The molecule has 4 nitrogen and oxygen atoms in total. The Morgan fingerprint density at radius 1 is 0.833 bits per heavy atom. The maximum Gasteiger partial charge on any atom is 0.243 e. The quantitative estimate of drug-likeness (QED) is 0.319. The topological polar surface area (TPSA) is 49.4 Å². The molecule has 36 heavy (non-hydrogen) atoms. The number of benzene rings is 3. The van der Waals surface area contributed by atoms with Crippen molar-refractivity contribution in [2.75, 3.05) is 0 Å². The Balaban J connectivity index is 1.66. The Morgan fingerprint density at radius 2 is 1.50 bits per heavy atom. The van der Waals surface area contributed by atoms with Crippen molar-refractivity contribution in [3.8, 4) is 0 Å². The molecule has 0 heterocycles. The molecule has 7 heteroatoms. The molecule has 1 fully saturated rings. The van der Waals surface area contributed by atoms with Gasteiger partial charge in [-0.15, -0.1) is 0 Å². The van der Waals surface area contributed by atoms with Gasteiger partial charge in [0.05, 0.1) is 16.5 Å². The van der Waals surface area contributed by atoms with E-state index in [0.717, 1.165) is 42.4 Å². The molecule has 188 valence electrons. The van der Waals surface area contributed by atoms with E-state index in [2.05, 4.69) is 5.32 Å². The van der Waals surface area contributed by atoms with Gasteiger partial charge in [-0.2, -0.15) is 0 Å². The summed E-state index contributed by atoms with van der Waals surface area (Å²) in [6.07, 6.45) is 4.68. The lowest BCUT2D eigenvalue weighted by molar-refractivity contribution is -0.141. The van der Waals surface area contributed by atoms with Crippen molar-refractivity contribution in [3.05, 3.63) is 105 Å². The summed E-state index contributed by atoms with van der Waals surface area (Å²) in [4.78, 5) is 29.2. The highest BCUT2D eigenvalue weighted by atomic mass is 35.5. The number of rotatable bonds is 9. The molecule has 0 spiro atoms. The zero-order valence-corrected chi connectivity index (χ0v) is 22.2. The van der Waals surface area contributed by atoms with E-state index in [1.165, 1.54) is 0 Å². The maximum absolute atomic E-state index is 13.8. The van der Waals surface area contributed by atoms with E-state index in [9.17, 15) is 9.59 Å². The third kappa shape index (κ3) is 7.25. The summed E-state index contributed by atoms with van der Waals surface area (Å²) >= 11 is 18.4. The molecule has 0 aliphatic heterocycles. The first-order chi connectivity index (χ1) is 17.4. The van der Waals surface area contributed by atoms with Gasteiger partial charge in [0.2, 0.25) is 11.8 Å². The van der Waals surface area contributed by atoms with Gasteiger partial charge < -0.3 is 10.2 Å². The minimum atomic E-state index is -0.668. The van der Waals surface area contributed by atoms with Gasteiger partial charge in [0, 0.05) is 24.0 Å². The first kappa shape index (κ1) is 26.5. The van der Waals surface area contributed by atoms with Crippen LogP contribution in [0.25, 0.3) is 0 Å². The van der Waals surface area contributed by atoms with Gasteiger partial charge in [-0.25, -0.2) is 0 Å². The van der Waals surface area contributed by atoms with Crippen LogP contribution in [0.15, 0.2) is 72.8 Å². The fraction of sp³-hybridized carbons (Fsp3) is 0.310. The lowest BCUT2D eigenvalue weighted by atomic mass is 10.0. The fourth-order valence-corrected chi connectivity index (χ4v) is 5.08. The van der Waals surface area contributed by atoms with Crippen LogP contribution in [-0.2, 0) is 29.0 Å². The second kappa shape index (κ2) is 12.6. The normalized spacial score (nSPS) is 14.4. The van der Waals surface area contributed by atoms with Gasteiger partial charge in [-0.1, -0.05) is 96.2 Å². The molecule has 1 aliphatic rings. The SMILES string of the molecule is O=C(NC1CCCC1)C(Cc1ccccc1)N(Cc1ccc(Cl)cc1)C(=O)Cc1ccc(Cl)c(Cl)c1. The molecule has 1 saturated carbocycles. The van der Waals surface area contributed by atoms with Crippen molar-refractivity contribution in [1.29, 1.82) is 0 Å².